The normalized spacial score (nSPS) is 15.2. The van der Waals surface area contributed by atoms with Crippen LogP contribution in [-0.2, 0) is 19.8 Å². The lowest BCUT2D eigenvalue weighted by Gasteiger charge is -2.27. The highest BCUT2D eigenvalue weighted by atomic mass is 32.2. The molecular formula is C22H22N4O3S. The van der Waals surface area contributed by atoms with Gasteiger partial charge in [0.15, 0.2) is 5.17 Å². The summed E-state index contributed by atoms with van der Waals surface area (Å²) in [5.41, 5.74) is 1.60. The van der Waals surface area contributed by atoms with E-state index in [4.69, 9.17) is 9.73 Å². The molecule has 1 atom stereocenters. The molecule has 30 heavy (non-hydrogen) atoms. The van der Waals surface area contributed by atoms with Crippen molar-refractivity contribution in [1.29, 1.82) is 0 Å². The number of ether oxygens (including phenoxy) is 1. The first kappa shape index (κ1) is 20.0. The van der Waals surface area contributed by atoms with E-state index >= 15 is 0 Å². The number of amidine groups is 1. The predicted molar refractivity (Wildman–Crippen MR) is 121 cm³/mol. The third-order valence-electron chi connectivity index (χ3n) is 5.10. The van der Waals surface area contributed by atoms with E-state index in [1.807, 2.05) is 54.6 Å². The summed E-state index contributed by atoms with van der Waals surface area (Å²) in [6, 6.07) is 17.0. The van der Waals surface area contributed by atoms with Gasteiger partial charge >= 0.3 is 5.69 Å². The molecule has 8 heteroatoms. The van der Waals surface area contributed by atoms with Crippen LogP contribution in [0.4, 0.5) is 5.82 Å². The van der Waals surface area contributed by atoms with Crippen molar-refractivity contribution in [3.8, 4) is 5.75 Å². The van der Waals surface area contributed by atoms with Gasteiger partial charge in [0.05, 0.1) is 12.7 Å². The molecule has 0 bridgehead atoms. The van der Waals surface area contributed by atoms with E-state index < -0.39 is 6.04 Å². The van der Waals surface area contributed by atoms with Crippen LogP contribution in [0.1, 0.15) is 22.7 Å². The van der Waals surface area contributed by atoms with Crippen molar-refractivity contribution < 1.29 is 4.74 Å². The van der Waals surface area contributed by atoms with E-state index in [9.17, 15) is 9.59 Å². The van der Waals surface area contributed by atoms with Crippen molar-refractivity contribution in [1.82, 2.24) is 9.13 Å². The zero-order chi connectivity index (χ0) is 21.3. The monoisotopic (exact) mass is 422 g/mol. The van der Waals surface area contributed by atoms with Crippen molar-refractivity contribution in [2.24, 2.45) is 19.1 Å². The first-order valence-corrected chi connectivity index (χ1v) is 10.4. The molecule has 0 radical (unpaired) electrons. The molecule has 2 heterocycles. The molecular weight excluding hydrogens is 400 g/mol. The highest BCUT2D eigenvalue weighted by Gasteiger charge is 2.31. The highest BCUT2D eigenvalue weighted by molar-refractivity contribution is 8.13. The van der Waals surface area contributed by atoms with Gasteiger partial charge in [-0.1, -0.05) is 60.3 Å². The number of hydrogen-bond acceptors (Lipinski definition) is 6. The number of anilines is 1. The van der Waals surface area contributed by atoms with E-state index in [1.54, 1.807) is 14.2 Å². The molecule has 1 N–H and O–H groups in total. The summed E-state index contributed by atoms with van der Waals surface area (Å²) >= 11 is 1.52. The van der Waals surface area contributed by atoms with Gasteiger partial charge in [-0.2, -0.15) is 0 Å². The number of aromatic nitrogens is 2. The molecule has 3 aromatic rings. The summed E-state index contributed by atoms with van der Waals surface area (Å²) in [5, 5.41) is 3.85. The van der Waals surface area contributed by atoms with Crippen LogP contribution in [0, 0.1) is 0 Å². The zero-order valence-electron chi connectivity index (χ0n) is 17.0. The molecule has 154 valence electrons. The smallest absolute Gasteiger partial charge is 0.332 e. The number of rotatable bonds is 4. The minimum atomic E-state index is -0.582. The van der Waals surface area contributed by atoms with Gasteiger partial charge in [-0.05, 0) is 11.6 Å². The van der Waals surface area contributed by atoms with Crippen molar-refractivity contribution in [2.75, 3.05) is 12.4 Å². The minimum Gasteiger partial charge on any atom is -0.496 e. The molecule has 0 saturated carbocycles. The maximum Gasteiger partial charge on any atom is 0.332 e. The number of nitrogens with zero attached hydrogens (tertiary/aromatic N) is 3. The Morgan fingerprint density at radius 2 is 1.73 bits per heavy atom. The van der Waals surface area contributed by atoms with E-state index in [-0.39, 0.29) is 11.2 Å². The maximum absolute atomic E-state index is 13.0. The lowest BCUT2D eigenvalue weighted by Crippen LogP contribution is -2.43. The van der Waals surface area contributed by atoms with Crippen molar-refractivity contribution in [3.05, 3.63) is 92.1 Å². The molecule has 0 spiro atoms. The van der Waals surface area contributed by atoms with Gasteiger partial charge in [-0.25, -0.2) is 9.79 Å². The second-order valence-electron chi connectivity index (χ2n) is 6.95. The van der Waals surface area contributed by atoms with E-state index in [0.717, 1.165) is 15.7 Å². The van der Waals surface area contributed by atoms with E-state index in [2.05, 4.69) is 5.32 Å². The summed E-state index contributed by atoms with van der Waals surface area (Å²) < 4.78 is 8.10. The topological polar surface area (TPSA) is 77.6 Å². The van der Waals surface area contributed by atoms with Gasteiger partial charge in [0.2, 0.25) is 0 Å². The standard InChI is InChI=1S/C22H22N4O3S/c1-25-19-17(20(27)26(2)22(25)28)18(15-11-7-8-12-16(15)29-3)23-21(24-19)30-13-14-9-5-4-6-10-14/h4-12,18H,13H2,1-3H3,(H,23,24). The minimum absolute atomic E-state index is 0.368. The van der Waals surface area contributed by atoms with Crippen molar-refractivity contribution >= 4 is 22.7 Å². The summed E-state index contributed by atoms with van der Waals surface area (Å²) in [6.45, 7) is 0. The second-order valence-corrected chi connectivity index (χ2v) is 7.91. The second kappa shape index (κ2) is 8.23. The van der Waals surface area contributed by atoms with Crippen LogP contribution in [0.5, 0.6) is 5.75 Å². The van der Waals surface area contributed by atoms with Gasteiger partial charge in [0.25, 0.3) is 5.56 Å². The molecule has 1 unspecified atom stereocenters. The quantitative estimate of drug-likeness (QED) is 0.700. The Kier molecular flexibility index (Phi) is 5.50. The van der Waals surface area contributed by atoms with Crippen molar-refractivity contribution in [3.63, 3.8) is 0 Å². The predicted octanol–water partition coefficient (Wildman–Crippen LogP) is 2.90. The molecule has 1 aliphatic rings. The Morgan fingerprint density at radius 3 is 2.47 bits per heavy atom. The van der Waals surface area contributed by atoms with Crippen LogP contribution in [-0.4, -0.2) is 21.4 Å². The van der Waals surface area contributed by atoms with Gasteiger partial charge in [-0.15, -0.1) is 0 Å². The van der Waals surface area contributed by atoms with Gasteiger partial charge in [0, 0.05) is 25.4 Å². The molecule has 7 nitrogen and oxygen atoms in total. The van der Waals surface area contributed by atoms with Crippen molar-refractivity contribution in [2.45, 2.75) is 11.8 Å². The number of nitrogens with one attached hydrogen (secondary N) is 1. The molecule has 2 aromatic carbocycles. The third kappa shape index (κ3) is 3.54. The Balaban J connectivity index is 1.84. The molecule has 1 aliphatic heterocycles. The molecule has 0 saturated heterocycles. The summed E-state index contributed by atoms with van der Waals surface area (Å²) in [7, 11) is 4.72. The van der Waals surface area contributed by atoms with E-state index in [0.29, 0.717) is 28.1 Å². The fraction of sp³-hybridized carbons (Fsp3) is 0.227. The van der Waals surface area contributed by atoms with Crippen LogP contribution >= 0.6 is 11.8 Å². The molecule has 0 amide bonds. The number of aliphatic imine (C=N–C) groups is 1. The number of thioether (sulfide) groups is 1. The summed E-state index contributed by atoms with van der Waals surface area (Å²) in [5.74, 6) is 1.81. The Bertz CT molecular complexity index is 1230. The lowest BCUT2D eigenvalue weighted by molar-refractivity contribution is 0.407. The number of hydrogen-bond donors (Lipinski definition) is 1. The lowest BCUT2D eigenvalue weighted by atomic mass is 9.98. The zero-order valence-corrected chi connectivity index (χ0v) is 17.8. The number of benzene rings is 2. The largest absolute Gasteiger partial charge is 0.496 e. The SMILES string of the molecule is COc1ccccc1C1N=C(SCc2ccccc2)Nc2c1c(=O)n(C)c(=O)n2C. The van der Waals surface area contributed by atoms with Crippen LogP contribution < -0.4 is 21.3 Å². The summed E-state index contributed by atoms with van der Waals surface area (Å²) in [6.07, 6.45) is 0. The molecule has 0 aliphatic carbocycles. The first-order valence-electron chi connectivity index (χ1n) is 9.45. The Hall–Kier alpha value is -3.26. The Morgan fingerprint density at radius 1 is 1.03 bits per heavy atom. The fourth-order valence-corrected chi connectivity index (χ4v) is 4.34. The summed E-state index contributed by atoms with van der Waals surface area (Å²) in [4.78, 5) is 30.4. The molecule has 1 aromatic heterocycles. The molecule has 4 rings (SSSR count). The average Bonchev–Trinajstić information content (AvgIpc) is 2.80. The Labute approximate surface area is 178 Å². The van der Waals surface area contributed by atoms with Gasteiger partial charge < -0.3 is 10.1 Å². The first-order chi connectivity index (χ1) is 14.5. The highest BCUT2D eigenvalue weighted by Crippen LogP contribution is 2.38. The van der Waals surface area contributed by atoms with Crippen LogP contribution in [0.3, 0.4) is 0 Å². The van der Waals surface area contributed by atoms with Gasteiger partial charge in [-0.3, -0.25) is 13.9 Å². The van der Waals surface area contributed by atoms with Crippen LogP contribution in [0.25, 0.3) is 0 Å². The maximum atomic E-state index is 13.0. The third-order valence-corrected chi connectivity index (χ3v) is 6.06. The fourth-order valence-electron chi connectivity index (χ4n) is 3.50. The van der Waals surface area contributed by atoms with E-state index in [1.165, 1.54) is 23.4 Å². The average molecular weight is 423 g/mol. The number of fused-ring (bicyclic) bond motifs is 1. The number of para-hydroxylation sites is 1. The van der Waals surface area contributed by atoms with Gasteiger partial charge in [0.1, 0.15) is 17.6 Å². The number of methoxy groups -OCH3 is 1. The van der Waals surface area contributed by atoms with Crippen LogP contribution in [0.15, 0.2) is 69.2 Å². The molecule has 0 fully saturated rings. The van der Waals surface area contributed by atoms with Crippen LogP contribution in [0.2, 0.25) is 0 Å².